The lowest BCUT2D eigenvalue weighted by molar-refractivity contribution is 0.417. The number of hydrogen-bond donors (Lipinski definition) is 2. The number of nitrogens with zero attached hydrogens (tertiary/aromatic N) is 1. The average molecular weight is 388 g/mol. The van der Waals surface area contributed by atoms with E-state index in [-0.39, 0.29) is 23.2 Å². The average Bonchev–Trinajstić information content (AvgIpc) is 2.97. The Kier molecular flexibility index (Phi) is 5.58. The van der Waals surface area contributed by atoms with Gasteiger partial charge in [0.15, 0.2) is 0 Å². The van der Waals surface area contributed by atoms with Crippen LogP contribution in [0.3, 0.4) is 0 Å². The number of para-hydroxylation sites is 2. The molecule has 0 aliphatic rings. The predicted molar refractivity (Wildman–Crippen MR) is 96.7 cm³/mol. The van der Waals surface area contributed by atoms with E-state index in [2.05, 4.69) is 14.7 Å². The highest BCUT2D eigenvalue weighted by Crippen LogP contribution is 2.27. The van der Waals surface area contributed by atoms with Crippen LogP contribution in [0.25, 0.3) is 11.0 Å². The first kappa shape index (κ1) is 18.4. The second kappa shape index (κ2) is 7.29. The molecule has 0 amide bonds. The van der Waals surface area contributed by atoms with Crippen molar-refractivity contribution in [3.63, 3.8) is 0 Å². The molecule has 3 aromatic rings. The summed E-state index contributed by atoms with van der Waals surface area (Å²) in [5, 5.41) is 0. The number of benzene rings is 2. The van der Waals surface area contributed by atoms with Gasteiger partial charge >= 0.3 is 0 Å². The molecule has 6 nitrogen and oxygen atoms in total. The molecular formula is C15H15Cl2N3O3S. The van der Waals surface area contributed by atoms with Crippen molar-refractivity contribution in [2.45, 2.75) is 10.8 Å². The van der Waals surface area contributed by atoms with Crippen LogP contribution in [0.1, 0.15) is 5.82 Å². The number of rotatable bonds is 5. The molecular weight excluding hydrogens is 373 g/mol. The highest BCUT2D eigenvalue weighted by Gasteiger charge is 2.17. The monoisotopic (exact) mass is 387 g/mol. The minimum absolute atomic E-state index is 0. The van der Waals surface area contributed by atoms with Gasteiger partial charge in [0.05, 0.1) is 34.6 Å². The summed E-state index contributed by atoms with van der Waals surface area (Å²) in [6.07, 6.45) is 0. The van der Waals surface area contributed by atoms with Gasteiger partial charge in [-0.05, 0) is 30.3 Å². The number of halogens is 2. The smallest absolute Gasteiger partial charge is 0.262 e. The lowest BCUT2D eigenvalue weighted by Crippen LogP contribution is -2.13. The van der Waals surface area contributed by atoms with Crippen LogP contribution in [0.2, 0.25) is 0 Å². The number of anilines is 1. The summed E-state index contributed by atoms with van der Waals surface area (Å²) in [6.45, 7) is 0. The van der Waals surface area contributed by atoms with Crippen molar-refractivity contribution < 1.29 is 13.2 Å². The molecule has 2 aromatic carbocycles. The van der Waals surface area contributed by atoms with Crippen molar-refractivity contribution in [3.8, 4) is 5.75 Å². The fourth-order valence-electron chi connectivity index (χ4n) is 2.20. The first-order chi connectivity index (χ1) is 11.0. The van der Waals surface area contributed by atoms with E-state index in [9.17, 15) is 8.42 Å². The number of imidazole rings is 1. The van der Waals surface area contributed by atoms with Crippen molar-refractivity contribution in [2.75, 3.05) is 11.8 Å². The van der Waals surface area contributed by atoms with Crippen LogP contribution in [0.15, 0.2) is 47.4 Å². The Morgan fingerprint density at radius 2 is 2.00 bits per heavy atom. The number of fused-ring (bicyclic) bond motifs is 1. The Labute approximate surface area is 150 Å². The van der Waals surface area contributed by atoms with Gasteiger partial charge in [-0.1, -0.05) is 12.1 Å². The number of H-pyrrole nitrogens is 1. The second-order valence-corrected chi connectivity index (χ2v) is 6.75. The fraction of sp³-hybridized carbons (Fsp3) is 0.133. The molecule has 0 aliphatic carbocycles. The number of sulfonamides is 1. The Morgan fingerprint density at radius 1 is 1.25 bits per heavy atom. The summed E-state index contributed by atoms with van der Waals surface area (Å²) in [5.41, 5.74) is 1.65. The van der Waals surface area contributed by atoms with E-state index >= 15 is 0 Å². The quantitative estimate of drug-likeness (QED) is 0.655. The Balaban J connectivity index is 0.00000208. The van der Waals surface area contributed by atoms with Crippen molar-refractivity contribution in [1.29, 1.82) is 0 Å². The zero-order chi connectivity index (χ0) is 16.4. The van der Waals surface area contributed by atoms with Crippen LogP contribution in [-0.2, 0) is 15.9 Å². The molecule has 3 rings (SSSR count). The highest BCUT2D eigenvalue weighted by atomic mass is 35.5. The third kappa shape index (κ3) is 3.58. The van der Waals surface area contributed by atoms with Crippen molar-refractivity contribution in [2.24, 2.45) is 0 Å². The standard InChI is InChI=1S/C15H14ClN3O3S.ClH/c1-22-14-5-3-2-4-12(14)19-23(20,21)10-6-7-11-13(8-10)18-15(9-16)17-11;/h2-8,19H,9H2,1H3,(H,17,18);1H. The highest BCUT2D eigenvalue weighted by molar-refractivity contribution is 7.92. The molecule has 0 fully saturated rings. The summed E-state index contributed by atoms with van der Waals surface area (Å²) in [6, 6.07) is 11.5. The van der Waals surface area contributed by atoms with Gasteiger partial charge in [0.1, 0.15) is 11.6 Å². The SMILES string of the molecule is COc1ccccc1NS(=O)(=O)c1ccc2nc(CCl)[nH]c2c1.Cl. The molecule has 2 N–H and O–H groups in total. The van der Waals surface area contributed by atoms with Gasteiger partial charge in [-0.3, -0.25) is 4.72 Å². The largest absolute Gasteiger partial charge is 0.495 e. The van der Waals surface area contributed by atoms with Gasteiger partial charge in [0.2, 0.25) is 0 Å². The normalized spacial score (nSPS) is 11.1. The summed E-state index contributed by atoms with van der Waals surface area (Å²) in [4.78, 5) is 7.35. The molecule has 0 aliphatic heterocycles. The molecule has 0 unspecified atom stereocenters. The predicted octanol–water partition coefficient (Wildman–Crippen LogP) is 3.53. The van der Waals surface area contributed by atoms with Gasteiger partial charge < -0.3 is 9.72 Å². The fourth-order valence-corrected chi connectivity index (χ4v) is 3.43. The third-order valence-corrected chi connectivity index (χ3v) is 4.91. The van der Waals surface area contributed by atoms with Crippen molar-refractivity contribution in [1.82, 2.24) is 9.97 Å². The summed E-state index contributed by atoms with van der Waals surface area (Å²) in [5.74, 6) is 1.27. The van der Waals surface area contributed by atoms with Crippen LogP contribution in [0.4, 0.5) is 5.69 Å². The van der Waals surface area contributed by atoms with E-state index in [4.69, 9.17) is 16.3 Å². The maximum Gasteiger partial charge on any atom is 0.262 e. The molecule has 24 heavy (non-hydrogen) atoms. The van der Waals surface area contributed by atoms with E-state index in [0.29, 0.717) is 28.3 Å². The van der Waals surface area contributed by atoms with E-state index < -0.39 is 10.0 Å². The zero-order valence-electron chi connectivity index (χ0n) is 12.6. The van der Waals surface area contributed by atoms with Crippen LogP contribution in [0.5, 0.6) is 5.75 Å². The molecule has 9 heteroatoms. The molecule has 0 saturated heterocycles. The molecule has 0 bridgehead atoms. The van der Waals surface area contributed by atoms with Crippen LogP contribution >= 0.6 is 24.0 Å². The van der Waals surface area contributed by atoms with E-state index in [0.717, 1.165) is 0 Å². The third-order valence-electron chi connectivity index (χ3n) is 3.29. The molecule has 0 saturated carbocycles. The Bertz CT molecular complexity index is 958. The van der Waals surface area contributed by atoms with Crippen LogP contribution in [-0.4, -0.2) is 25.5 Å². The number of aromatic nitrogens is 2. The Morgan fingerprint density at radius 3 is 2.71 bits per heavy atom. The van der Waals surface area contributed by atoms with Crippen LogP contribution < -0.4 is 9.46 Å². The number of alkyl halides is 1. The molecule has 0 radical (unpaired) electrons. The lowest BCUT2D eigenvalue weighted by atomic mass is 10.3. The molecule has 0 spiro atoms. The maximum atomic E-state index is 12.6. The molecule has 1 heterocycles. The number of methoxy groups -OCH3 is 1. The van der Waals surface area contributed by atoms with E-state index in [1.807, 2.05) is 0 Å². The Hall–Kier alpha value is -1.96. The number of hydrogen-bond acceptors (Lipinski definition) is 4. The van der Waals surface area contributed by atoms with Gasteiger partial charge in [-0.15, -0.1) is 24.0 Å². The van der Waals surface area contributed by atoms with E-state index in [1.54, 1.807) is 30.3 Å². The number of nitrogens with one attached hydrogen (secondary N) is 2. The first-order valence-corrected chi connectivity index (χ1v) is 8.76. The van der Waals surface area contributed by atoms with Gasteiger partial charge in [-0.2, -0.15) is 0 Å². The minimum atomic E-state index is -3.75. The topological polar surface area (TPSA) is 84.1 Å². The van der Waals surface area contributed by atoms with Gasteiger partial charge in [-0.25, -0.2) is 13.4 Å². The summed E-state index contributed by atoms with van der Waals surface area (Å²) in [7, 11) is -2.26. The van der Waals surface area contributed by atoms with Gasteiger partial charge in [0, 0.05) is 0 Å². The lowest BCUT2D eigenvalue weighted by Gasteiger charge is -2.11. The van der Waals surface area contributed by atoms with Crippen molar-refractivity contribution in [3.05, 3.63) is 48.3 Å². The summed E-state index contributed by atoms with van der Waals surface area (Å²) < 4.78 is 32.8. The maximum absolute atomic E-state index is 12.6. The number of ether oxygens (including phenoxy) is 1. The molecule has 0 atom stereocenters. The van der Waals surface area contributed by atoms with Crippen LogP contribution in [0, 0.1) is 0 Å². The van der Waals surface area contributed by atoms with Gasteiger partial charge in [0.25, 0.3) is 10.0 Å². The summed E-state index contributed by atoms with van der Waals surface area (Å²) >= 11 is 5.73. The van der Waals surface area contributed by atoms with Crippen molar-refractivity contribution >= 4 is 50.8 Å². The first-order valence-electron chi connectivity index (χ1n) is 6.74. The minimum Gasteiger partial charge on any atom is -0.495 e. The van der Waals surface area contributed by atoms with E-state index in [1.165, 1.54) is 19.2 Å². The number of aromatic amines is 1. The zero-order valence-corrected chi connectivity index (χ0v) is 15.0. The molecule has 1 aromatic heterocycles. The second-order valence-electron chi connectivity index (χ2n) is 4.80. The molecule has 128 valence electrons.